The lowest BCUT2D eigenvalue weighted by molar-refractivity contribution is -0.126. The zero-order valence-corrected chi connectivity index (χ0v) is 20.5. The van der Waals surface area contributed by atoms with E-state index in [0.717, 1.165) is 30.2 Å². The number of rotatable bonds is 7. The second-order valence-corrected chi connectivity index (χ2v) is 10.4. The van der Waals surface area contributed by atoms with Gasteiger partial charge in [-0.15, -0.1) is 0 Å². The van der Waals surface area contributed by atoms with Crippen LogP contribution in [0.4, 0.5) is 10.1 Å². The van der Waals surface area contributed by atoms with Crippen molar-refractivity contribution in [1.29, 1.82) is 0 Å². The maximum Gasteiger partial charge on any atom is 0.338 e. The lowest BCUT2D eigenvalue weighted by atomic mass is 10.0. The number of aromatic carboxylic acids is 1. The third-order valence-corrected chi connectivity index (χ3v) is 7.97. The maximum absolute atomic E-state index is 14.3. The average Bonchev–Trinajstić information content (AvgIpc) is 3.34. The van der Waals surface area contributed by atoms with Crippen molar-refractivity contribution in [2.75, 3.05) is 4.90 Å². The molecular weight excluding hydrogens is 508 g/mol. The molecule has 2 aliphatic carbocycles. The molecule has 0 spiro atoms. The molecule has 1 aliphatic heterocycles. The fourth-order valence-electron chi connectivity index (χ4n) is 5.49. The predicted octanol–water partition coefficient (Wildman–Crippen LogP) is 5.60. The van der Waals surface area contributed by atoms with Gasteiger partial charge in [-0.3, -0.25) is 4.79 Å². The first-order valence-corrected chi connectivity index (χ1v) is 12.6. The van der Waals surface area contributed by atoms with Crippen LogP contribution in [0.2, 0.25) is 10.0 Å². The molecule has 36 heavy (non-hydrogen) atoms. The molecule has 2 aromatic carbocycles. The Labute approximate surface area is 216 Å². The van der Waals surface area contributed by atoms with E-state index in [2.05, 4.69) is 5.10 Å². The van der Waals surface area contributed by atoms with Crippen molar-refractivity contribution >= 4 is 40.8 Å². The third-order valence-electron chi connectivity index (χ3n) is 7.36. The summed E-state index contributed by atoms with van der Waals surface area (Å²) in [5.74, 6) is -2.25. The van der Waals surface area contributed by atoms with Gasteiger partial charge in [0.2, 0.25) is 5.91 Å². The van der Waals surface area contributed by atoms with Gasteiger partial charge in [0.15, 0.2) is 0 Å². The quantitative estimate of drug-likeness (QED) is 0.430. The molecule has 186 valence electrons. The Morgan fingerprint density at radius 2 is 1.92 bits per heavy atom. The zero-order valence-electron chi connectivity index (χ0n) is 19.0. The Kier molecular flexibility index (Phi) is 5.78. The Balaban J connectivity index is 1.21. The number of hydrogen-bond donors (Lipinski definition) is 1. The number of amides is 1. The number of fused-ring (bicyclic) bond motifs is 2. The molecule has 3 atom stereocenters. The molecule has 1 amide bonds. The molecule has 1 saturated heterocycles. The summed E-state index contributed by atoms with van der Waals surface area (Å²) in [4.78, 5) is 25.9. The summed E-state index contributed by atoms with van der Waals surface area (Å²) < 4.78 is 22.3. The van der Waals surface area contributed by atoms with Crippen molar-refractivity contribution in [1.82, 2.24) is 9.78 Å². The summed E-state index contributed by atoms with van der Waals surface area (Å²) in [5, 5.41) is 14.6. The largest absolute Gasteiger partial charge is 0.478 e. The number of carboxylic acids is 1. The van der Waals surface area contributed by atoms with Gasteiger partial charge in [-0.1, -0.05) is 29.3 Å². The number of carboxylic acid groups (broad SMARTS) is 1. The number of nitrogens with zero attached hydrogens (tertiary/aromatic N) is 3. The minimum absolute atomic E-state index is 0.131. The molecule has 0 unspecified atom stereocenters. The van der Waals surface area contributed by atoms with Crippen LogP contribution in [0.1, 0.15) is 53.2 Å². The highest BCUT2D eigenvalue weighted by molar-refractivity contribution is 6.37. The lowest BCUT2D eigenvalue weighted by Crippen LogP contribution is -2.43. The fourth-order valence-corrected chi connectivity index (χ4v) is 6.05. The normalized spacial score (nSPS) is 23.0. The summed E-state index contributed by atoms with van der Waals surface area (Å²) in [6, 6.07) is 8.97. The molecule has 3 aromatic rings. The van der Waals surface area contributed by atoms with Crippen LogP contribution in [0.5, 0.6) is 0 Å². The van der Waals surface area contributed by atoms with Crippen LogP contribution >= 0.6 is 23.2 Å². The fraction of sp³-hybridized carbons (Fsp3) is 0.346. The van der Waals surface area contributed by atoms with E-state index in [1.54, 1.807) is 27.8 Å². The van der Waals surface area contributed by atoms with Crippen molar-refractivity contribution in [3.05, 3.63) is 75.3 Å². The smallest absolute Gasteiger partial charge is 0.338 e. The molecule has 10 heteroatoms. The maximum atomic E-state index is 14.3. The highest BCUT2D eigenvalue weighted by atomic mass is 35.5. The van der Waals surface area contributed by atoms with Gasteiger partial charge in [-0.2, -0.15) is 5.10 Å². The lowest BCUT2D eigenvalue weighted by Gasteiger charge is -2.31. The Morgan fingerprint density at radius 1 is 1.17 bits per heavy atom. The van der Waals surface area contributed by atoms with Gasteiger partial charge in [0.1, 0.15) is 11.5 Å². The highest BCUT2D eigenvalue weighted by Crippen LogP contribution is 2.45. The van der Waals surface area contributed by atoms with E-state index in [1.807, 2.05) is 6.20 Å². The number of aromatic nitrogens is 2. The van der Waals surface area contributed by atoms with E-state index >= 15 is 0 Å². The van der Waals surface area contributed by atoms with Crippen molar-refractivity contribution in [2.24, 2.45) is 5.92 Å². The number of para-hydroxylation sites is 1. The topological polar surface area (TPSA) is 84.7 Å². The standard InChI is InChI=1S/C26H22Cl2FN3O4/c27-19-2-1-3-20(28)24(19)32-22(18(11-30-32)13-4-5-13)12-36-23-10-15-8-17(23)25(33)31(15)14-6-7-16(26(34)35)21(29)9-14/h1-3,6-7,9,11,13,15,17,23H,4-5,8,10,12H2,(H,34,35)/t15-,17+,23+/m0/s1. The molecule has 3 aliphatic rings. The van der Waals surface area contributed by atoms with Crippen molar-refractivity contribution in [3.8, 4) is 5.69 Å². The molecule has 2 heterocycles. The SMILES string of the molecule is O=C(O)c1ccc(N2C(=O)[C@@H]3C[C@H]2C[C@H]3OCc2c(C3CC3)cnn2-c2c(Cl)cccc2Cl)cc1F. The van der Waals surface area contributed by atoms with Crippen molar-refractivity contribution < 1.29 is 23.8 Å². The Morgan fingerprint density at radius 3 is 2.56 bits per heavy atom. The first kappa shape index (κ1) is 23.5. The van der Waals surface area contributed by atoms with Crippen LogP contribution in [0.3, 0.4) is 0 Å². The van der Waals surface area contributed by atoms with Crippen LogP contribution in [0.25, 0.3) is 5.69 Å². The number of ether oxygens (including phenoxy) is 1. The van der Waals surface area contributed by atoms with E-state index in [4.69, 9.17) is 33.0 Å². The van der Waals surface area contributed by atoms with E-state index in [9.17, 15) is 14.0 Å². The minimum atomic E-state index is -1.34. The van der Waals surface area contributed by atoms with Crippen LogP contribution in [-0.2, 0) is 16.1 Å². The van der Waals surface area contributed by atoms with Crippen LogP contribution in [0, 0.1) is 11.7 Å². The first-order valence-electron chi connectivity index (χ1n) is 11.8. The van der Waals surface area contributed by atoms with Gasteiger partial charge in [-0.05, 0) is 67.5 Å². The van der Waals surface area contributed by atoms with Gasteiger partial charge in [-0.25, -0.2) is 13.9 Å². The number of halogens is 3. The van der Waals surface area contributed by atoms with Gasteiger partial charge < -0.3 is 14.7 Å². The first-order chi connectivity index (χ1) is 17.3. The second-order valence-electron chi connectivity index (χ2n) is 9.56. The summed E-state index contributed by atoms with van der Waals surface area (Å²) in [6.07, 6.45) is 4.97. The number of hydrogen-bond acceptors (Lipinski definition) is 4. The molecule has 2 saturated carbocycles. The number of anilines is 1. The molecular formula is C26H22Cl2FN3O4. The minimum Gasteiger partial charge on any atom is -0.478 e. The number of benzene rings is 2. The highest BCUT2D eigenvalue weighted by Gasteiger charge is 2.52. The predicted molar refractivity (Wildman–Crippen MR) is 131 cm³/mol. The Hall–Kier alpha value is -2.94. The molecule has 6 rings (SSSR count). The average molecular weight is 530 g/mol. The van der Waals surface area contributed by atoms with E-state index in [0.29, 0.717) is 40.2 Å². The molecule has 3 fully saturated rings. The second kappa shape index (κ2) is 8.87. The summed E-state index contributed by atoms with van der Waals surface area (Å²) in [7, 11) is 0. The Bertz CT molecular complexity index is 1370. The summed E-state index contributed by atoms with van der Waals surface area (Å²) in [5.41, 5.74) is 2.55. The van der Waals surface area contributed by atoms with Crippen LogP contribution in [-0.4, -0.2) is 38.9 Å². The molecule has 1 aromatic heterocycles. The van der Waals surface area contributed by atoms with Gasteiger partial charge >= 0.3 is 5.97 Å². The van der Waals surface area contributed by atoms with Gasteiger partial charge in [0, 0.05) is 11.7 Å². The van der Waals surface area contributed by atoms with Gasteiger partial charge in [0.05, 0.1) is 46.1 Å². The number of carbonyl (C=O) groups is 2. The summed E-state index contributed by atoms with van der Waals surface area (Å²) >= 11 is 12.9. The third kappa shape index (κ3) is 3.88. The summed E-state index contributed by atoms with van der Waals surface area (Å²) in [6.45, 7) is 0.260. The molecule has 2 bridgehead atoms. The zero-order chi connectivity index (χ0) is 25.1. The van der Waals surface area contributed by atoms with Crippen LogP contribution < -0.4 is 4.90 Å². The van der Waals surface area contributed by atoms with Gasteiger partial charge in [0.25, 0.3) is 0 Å². The molecule has 0 radical (unpaired) electrons. The number of piperidine rings is 1. The number of carbonyl (C=O) groups excluding carboxylic acids is 1. The van der Waals surface area contributed by atoms with Crippen molar-refractivity contribution in [3.63, 3.8) is 0 Å². The van der Waals surface area contributed by atoms with Crippen LogP contribution in [0.15, 0.2) is 42.6 Å². The van der Waals surface area contributed by atoms with E-state index in [1.165, 1.54) is 12.1 Å². The molecule has 1 N–H and O–H groups in total. The van der Waals surface area contributed by atoms with E-state index in [-0.39, 0.29) is 30.6 Å². The molecule has 7 nitrogen and oxygen atoms in total. The monoisotopic (exact) mass is 529 g/mol. The van der Waals surface area contributed by atoms with E-state index < -0.39 is 17.3 Å². The van der Waals surface area contributed by atoms with Crippen molar-refractivity contribution in [2.45, 2.75) is 50.4 Å².